The van der Waals surface area contributed by atoms with Gasteiger partial charge in [0.15, 0.2) is 5.65 Å². The maximum atomic E-state index is 14.0. The Labute approximate surface area is 285 Å². The molecule has 1 atom stereocenters. The van der Waals surface area contributed by atoms with Crippen LogP contribution in [-0.2, 0) is 16.6 Å². The molecular formula is C38H39FN6O3S. The Balaban J connectivity index is 1.24. The number of hydrogen-bond donors (Lipinski definition) is 1. The van der Waals surface area contributed by atoms with Gasteiger partial charge in [0.25, 0.3) is 10.0 Å². The fourth-order valence-corrected chi connectivity index (χ4v) is 7.86. The van der Waals surface area contributed by atoms with E-state index in [1.807, 2.05) is 32.2 Å². The Bertz CT molecular complexity index is 2190. The number of benzene rings is 3. The zero-order valence-electron chi connectivity index (χ0n) is 27.6. The van der Waals surface area contributed by atoms with Crippen molar-refractivity contribution in [1.82, 2.24) is 23.6 Å². The van der Waals surface area contributed by atoms with E-state index in [0.29, 0.717) is 29.7 Å². The first kappa shape index (κ1) is 32.7. The van der Waals surface area contributed by atoms with Crippen molar-refractivity contribution in [3.8, 4) is 22.3 Å². The molecule has 3 aromatic carbocycles. The molecule has 0 radical (unpaired) electrons. The van der Waals surface area contributed by atoms with E-state index in [0.717, 1.165) is 66.1 Å². The number of anilines is 1. The third kappa shape index (κ3) is 7.01. The van der Waals surface area contributed by atoms with Crippen molar-refractivity contribution < 1.29 is 17.9 Å². The first-order chi connectivity index (χ1) is 23.6. The Kier molecular flexibility index (Phi) is 9.06. The molecule has 1 saturated heterocycles. The van der Waals surface area contributed by atoms with Crippen LogP contribution in [0.25, 0.3) is 33.3 Å². The number of β-amino-alcohol motifs (C(OH)–C–C–N with tert-alkyl or cyclic N) is 1. The van der Waals surface area contributed by atoms with Gasteiger partial charge in [-0.05, 0) is 80.4 Å². The van der Waals surface area contributed by atoms with Crippen LogP contribution in [0.5, 0.6) is 0 Å². The van der Waals surface area contributed by atoms with Gasteiger partial charge < -0.3 is 10.0 Å². The van der Waals surface area contributed by atoms with Gasteiger partial charge in [-0.15, -0.1) is 0 Å². The molecule has 6 aromatic rings. The van der Waals surface area contributed by atoms with Crippen LogP contribution in [0.4, 0.5) is 10.1 Å². The summed E-state index contributed by atoms with van der Waals surface area (Å²) in [6.07, 6.45) is 7.56. The number of halogens is 1. The molecule has 7 rings (SSSR count). The number of fused-ring (bicyclic) bond motifs is 1. The molecule has 3 aromatic heterocycles. The van der Waals surface area contributed by atoms with Crippen LogP contribution in [0.2, 0.25) is 0 Å². The molecule has 0 spiro atoms. The zero-order valence-corrected chi connectivity index (χ0v) is 28.4. The van der Waals surface area contributed by atoms with Crippen LogP contribution < -0.4 is 4.90 Å². The number of aryl methyl sites for hydroxylation is 1. The average Bonchev–Trinajstić information content (AvgIpc) is 3.63. The molecule has 1 aliphatic heterocycles. The number of nitrogens with zero attached hydrogens (tertiary/aromatic N) is 6. The molecule has 4 heterocycles. The topological polar surface area (TPSA) is 96.5 Å². The van der Waals surface area contributed by atoms with Crippen LogP contribution >= 0.6 is 0 Å². The predicted octanol–water partition coefficient (Wildman–Crippen LogP) is 6.19. The average molecular weight is 679 g/mol. The number of aliphatic hydroxyl groups is 1. The Hall–Kier alpha value is -4.84. The van der Waals surface area contributed by atoms with Crippen LogP contribution in [0.3, 0.4) is 0 Å². The van der Waals surface area contributed by atoms with Crippen molar-refractivity contribution in [2.75, 3.05) is 37.6 Å². The molecule has 1 N–H and O–H groups in total. The highest BCUT2D eigenvalue weighted by atomic mass is 32.2. The van der Waals surface area contributed by atoms with Gasteiger partial charge in [-0.2, -0.15) is 5.10 Å². The SMILES string of the molecule is Cc1ccc(S(=O)(=O)n2cc(-c3cnn(Cc4cccc(F)c4)c3)c3cc(-c4ccc(N5CCCN(CC(C)O)CC5)cc4)cnc32)cc1. The van der Waals surface area contributed by atoms with E-state index in [2.05, 4.69) is 39.2 Å². The van der Waals surface area contributed by atoms with Crippen LogP contribution in [0.15, 0.2) is 109 Å². The van der Waals surface area contributed by atoms with E-state index >= 15 is 0 Å². The summed E-state index contributed by atoms with van der Waals surface area (Å²) in [5, 5.41) is 15.0. The van der Waals surface area contributed by atoms with Crippen molar-refractivity contribution in [2.24, 2.45) is 0 Å². The number of hydrogen-bond acceptors (Lipinski definition) is 7. The minimum absolute atomic E-state index is 0.173. The van der Waals surface area contributed by atoms with Crippen molar-refractivity contribution in [3.05, 3.63) is 121 Å². The Morgan fingerprint density at radius 3 is 2.43 bits per heavy atom. The van der Waals surface area contributed by atoms with E-state index < -0.39 is 10.0 Å². The summed E-state index contributed by atoms with van der Waals surface area (Å²) in [7, 11) is -3.96. The second kappa shape index (κ2) is 13.6. The van der Waals surface area contributed by atoms with E-state index in [1.54, 1.807) is 53.6 Å². The third-order valence-electron chi connectivity index (χ3n) is 9.04. The maximum Gasteiger partial charge on any atom is 0.269 e. The van der Waals surface area contributed by atoms with Gasteiger partial charge in [0, 0.05) is 72.5 Å². The fourth-order valence-electron chi connectivity index (χ4n) is 6.54. The molecule has 9 nitrogen and oxygen atoms in total. The summed E-state index contributed by atoms with van der Waals surface area (Å²) in [4.78, 5) is 9.60. The second-order valence-electron chi connectivity index (χ2n) is 12.8. The van der Waals surface area contributed by atoms with Gasteiger partial charge in [-0.3, -0.25) is 9.58 Å². The van der Waals surface area contributed by atoms with Crippen molar-refractivity contribution in [3.63, 3.8) is 0 Å². The van der Waals surface area contributed by atoms with Gasteiger partial charge in [-0.1, -0.05) is 42.0 Å². The van der Waals surface area contributed by atoms with Crippen molar-refractivity contribution in [1.29, 1.82) is 0 Å². The minimum Gasteiger partial charge on any atom is -0.392 e. The summed E-state index contributed by atoms with van der Waals surface area (Å²) in [6.45, 7) is 8.50. The normalized spacial score (nSPS) is 15.1. The molecular weight excluding hydrogens is 640 g/mol. The number of rotatable bonds is 9. The standard InChI is InChI=1S/C38H39FN6O3S/c1-27-7-13-35(14-8-27)49(47,48)45-26-37(32-22-41-44(25-32)24-29-5-3-6-33(39)19-29)36-20-31(21-40-38(36)45)30-9-11-34(12-10-30)43-16-4-15-42(17-18-43)23-28(2)46/h3,5-14,19-22,25-26,28,46H,4,15-18,23-24H2,1-2H3. The lowest BCUT2D eigenvalue weighted by Gasteiger charge is -2.24. The van der Waals surface area contributed by atoms with Crippen LogP contribution in [0, 0.1) is 12.7 Å². The van der Waals surface area contributed by atoms with Gasteiger partial charge in [0.1, 0.15) is 5.82 Å². The summed E-state index contributed by atoms with van der Waals surface area (Å²) < 4.78 is 44.7. The van der Waals surface area contributed by atoms with Gasteiger partial charge in [0.05, 0.1) is 23.7 Å². The van der Waals surface area contributed by atoms with Crippen molar-refractivity contribution in [2.45, 2.75) is 37.8 Å². The highest BCUT2D eigenvalue weighted by Gasteiger charge is 2.24. The van der Waals surface area contributed by atoms with Gasteiger partial charge >= 0.3 is 0 Å². The molecule has 11 heteroatoms. The smallest absolute Gasteiger partial charge is 0.269 e. The van der Waals surface area contributed by atoms with E-state index in [9.17, 15) is 17.9 Å². The first-order valence-electron chi connectivity index (χ1n) is 16.5. The number of pyridine rings is 1. The lowest BCUT2D eigenvalue weighted by atomic mass is 10.0. The monoisotopic (exact) mass is 678 g/mol. The van der Waals surface area contributed by atoms with E-state index in [1.165, 1.54) is 16.1 Å². The van der Waals surface area contributed by atoms with Crippen LogP contribution in [-0.4, -0.2) is 76.0 Å². The molecule has 252 valence electrons. The largest absolute Gasteiger partial charge is 0.392 e. The minimum atomic E-state index is -3.96. The molecule has 49 heavy (non-hydrogen) atoms. The Morgan fingerprint density at radius 2 is 1.67 bits per heavy atom. The predicted molar refractivity (Wildman–Crippen MR) is 191 cm³/mol. The molecule has 1 fully saturated rings. The zero-order chi connectivity index (χ0) is 34.1. The number of aliphatic hydroxyl groups excluding tert-OH is 1. The molecule has 0 amide bonds. The molecule has 0 saturated carbocycles. The quantitative estimate of drug-likeness (QED) is 0.195. The van der Waals surface area contributed by atoms with Crippen molar-refractivity contribution >= 4 is 26.7 Å². The number of aromatic nitrogens is 4. The maximum absolute atomic E-state index is 14.0. The summed E-state index contributed by atoms with van der Waals surface area (Å²) in [5.41, 5.74) is 6.41. The molecule has 1 unspecified atom stereocenters. The Morgan fingerprint density at radius 1 is 0.878 bits per heavy atom. The molecule has 1 aliphatic rings. The van der Waals surface area contributed by atoms with Gasteiger partial charge in [-0.25, -0.2) is 21.8 Å². The molecule has 0 bridgehead atoms. The highest BCUT2D eigenvalue weighted by Crippen LogP contribution is 2.35. The summed E-state index contributed by atoms with van der Waals surface area (Å²) in [6, 6.07) is 23.5. The first-order valence-corrected chi connectivity index (χ1v) is 17.9. The van der Waals surface area contributed by atoms with E-state index in [-0.39, 0.29) is 16.8 Å². The van der Waals surface area contributed by atoms with Gasteiger partial charge in [0.2, 0.25) is 0 Å². The summed E-state index contributed by atoms with van der Waals surface area (Å²) in [5.74, 6) is -0.313. The third-order valence-corrected chi connectivity index (χ3v) is 10.7. The lowest BCUT2D eigenvalue weighted by Crippen LogP contribution is -2.34. The van der Waals surface area contributed by atoms with Crippen LogP contribution in [0.1, 0.15) is 24.5 Å². The second-order valence-corrected chi connectivity index (χ2v) is 14.7. The highest BCUT2D eigenvalue weighted by molar-refractivity contribution is 7.90. The van der Waals surface area contributed by atoms with E-state index in [4.69, 9.17) is 4.98 Å². The summed E-state index contributed by atoms with van der Waals surface area (Å²) >= 11 is 0. The fraction of sp³-hybridized carbons (Fsp3) is 0.263. The molecule has 0 aliphatic carbocycles. The lowest BCUT2D eigenvalue weighted by molar-refractivity contribution is 0.131.